The number of carbonyl (C=O) groups excluding carboxylic acids is 1. The monoisotopic (exact) mass is 398 g/mol. The number of amides is 1. The molecule has 0 saturated heterocycles. The number of rotatable bonds is 2. The first-order valence-corrected chi connectivity index (χ1v) is 8.60. The van der Waals surface area contributed by atoms with Gasteiger partial charge in [-0.3, -0.25) is 10.1 Å². The standard InChI is InChI=1S/C19H15BrN2OS/c1-12-6-7-15(11-17(12)20)18(23)22-19(24)21-16-9-8-13-4-2-3-5-14(13)10-16/h2-11H,1H3,(H2,21,22,23,24). The van der Waals surface area contributed by atoms with Crippen LogP contribution < -0.4 is 10.6 Å². The van der Waals surface area contributed by atoms with Gasteiger partial charge in [0.15, 0.2) is 5.11 Å². The number of benzene rings is 3. The number of nitrogens with one attached hydrogen (secondary N) is 2. The molecule has 5 heteroatoms. The van der Waals surface area contributed by atoms with Crippen LogP contribution in [0.1, 0.15) is 15.9 Å². The number of hydrogen-bond donors (Lipinski definition) is 2. The van der Waals surface area contributed by atoms with Crippen molar-refractivity contribution in [2.75, 3.05) is 5.32 Å². The van der Waals surface area contributed by atoms with E-state index in [9.17, 15) is 4.79 Å². The largest absolute Gasteiger partial charge is 0.332 e. The Bertz CT molecular complexity index is 940. The summed E-state index contributed by atoms with van der Waals surface area (Å²) in [6.45, 7) is 1.97. The van der Waals surface area contributed by atoms with Crippen molar-refractivity contribution in [2.24, 2.45) is 0 Å². The van der Waals surface area contributed by atoms with Crippen LogP contribution in [0.25, 0.3) is 10.8 Å². The molecule has 3 aromatic rings. The maximum absolute atomic E-state index is 12.3. The Kier molecular flexibility index (Phi) is 4.92. The lowest BCUT2D eigenvalue weighted by atomic mass is 10.1. The van der Waals surface area contributed by atoms with Crippen molar-refractivity contribution >= 4 is 55.6 Å². The van der Waals surface area contributed by atoms with Crippen molar-refractivity contribution in [3.63, 3.8) is 0 Å². The van der Waals surface area contributed by atoms with Gasteiger partial charge in [-0.2, -0.15) is 0 Å². The summed E-state index contributed by atoms with van der Waals surface area (Å²) in [6.07, 6.45) is 0. The number of carbonyl (C=O) groups is 1. The number of halogens is 1. The first-order valence-electron chi connectivity index (χ1n) is 7.40. The second kappa shape index (κ2) is 7.11. The van der Waals surface area contributed by atoms with E-state index in [0.29, 0.717) is 5.56 Å². The molecule has 0 fully saturated rings. The molecule has 0 aliphatic carbocycles. The summed E-state index contributed by atoms with van der Waals surface area (Å²) in [5.74, 6) is -0.242. The quantitative estimate of drug-likeness (QED) is 0.594. The lowest BCUT2D eigenvalue weighted by Gasteiger charge is -2.11. The predicted molar refractivity (Wildman–Crippen MR) is 107 cm³/mol. The predicted octanol–water partition coefficient (Wildman–Crippen LogP) is 5.04. The lowest BCUT2D eigenvalue weighted by Crippen LogP contribution is -2.34. The minimum Gasteiger partial charge on any atom is -0.332 e. The van der Waals surface area contributed by atoms with Gasteiger partial charge >= 0.3 is 0 Å². The van der Waals surface area contributed by atoms with Crippen molar-refractivity contribution in [1.82, 2.24) is 5.32 Å². The van der Waals surface area contributed by atoms with E-state index in [1.807, 2.05) is 49.4 Å². The van der Waals surface area contributed by atoms with Crippen molar-refractivity contribution in [1.29, 1.82) is 0 Å². The third-order valence-electron chi connectivity index (χ3n) is 3.67. The Hall–Kier alpha value is -2.24. The van der Waals surface area contributed by atoms with Crippen LogP contribution in [-0.4, -0.2) is 11.0 Å². The molecular formula is C19H15BrN2OS. The first kappa shape index (κ1) is 16.6. The van der Waals surface area contributed by atoms with Gasteiger partial charge in [-0.15, -0.1) is 0 Å². The molecule has 2 N–H and O–H groups in total. The zero-order valence-electron chi connectivity index (χ0n) is 13.0. The average molecular weight is 399 g/mol. The Morgan fingerprint density at radius 3 is 2.50 bits per heavy atom. The molecule has 0 aliphatic rings. The van der Waals surface area contributed by atoms with Gasteiger partial charge in [-0.05, 0) is 59.7 Å². The molecule has 0 aliphatic heterocycles. The molecule has 24 heavy (non-hydrogen) atoms. The topological polar surface area (TPSA) is 41.1 Å². The van der Waals surface area contributed by atoms with Crippen LogP contribution in [-0.2, 0) is 0 Å². The fraction of sp³-hybridized carbons (Fsp3) is 0.0526. The maximum Gasteiger partial charge on any atom is 0.257 e. The van der Waals surface area contributed by atoms with Crippen LogP contribution >= 0.6 is 28.1 Å². The van der Waals surface area contributed by atoms with Crippen molar-refractivity contribution < 1.29 is 4.79 Å². The van der Waals surface area contributed by atoms with Crippen LogP contribution in [0.3, 0.4) is 0 Å². The van der Waals surface area contributed by atoms with Gasteiger partial charge in [0.1, 0.15) is 0 Å². The summed E-state index contributed by atoms with van der Waals surface area (Å²) < 4.78 is 0.892. The molecule has 120 valence electrons. The smallest absolute Gasteiger partial charge is 0.257 e. The molecule has 3 rings (SSSR count). The fourth-order valence-corrected chi connectivity index (χ4v) is 2.93. The van der Waals surface area contributed by atoms with Crippen LogP contribution in [0.4, 0.5) is 5.69 Å². The molecule has 0 unspecified atom stereocenters. The zero-order valence-corrected chi connectivity index (χ0v) is 15.4. The molecule has 0 saturated carbocycles. The Morgan fingerprint density at radius 1 is 1.00 bits per heavy atom. The minimum atomic E-state index is -0.242. The highest BCUT2D eigenvalue weighted by Gasteiger charge is 2.09. The summed E-state index contributed by atoms with van der Waals surface area (Å²) >= 11 is 8.67. The number of anilines is 1. The Labute approximate surface area is 154 Å². The van der Waals surface area contributed by atoms with Gasteiger partial charge in [0, 0.05) is 15.7 Å². The highest BCUT2D eigenvalue weighted by molar-refractivity contribution is 9.10. The first-order chi connectivity index (χ1) is 11.5. The number of fused-ring (bicyclic) bond motifs is 1. The summed E-state index contributed by atoms with van der Waals surface area (Å²) in [5, 5.41) is 8.28. The van der Waals surface area contributed by atoms with Gasteiger partial charge in [-0.25, -0.2) is 0 Å². The van der Waals surface area contributed by atoms with Gasteiger partial charge in [0.25, 0.3) is 5.91 Å². The van der Waals surface area contributed by atoms with Crippen molar-refractivity contribution in [3.8, 4) is 0 Å². The zero-order chi connectivity index (χ0) is 17.1. The molecule has 0 atom stereocenters. The van der Waals surface area contributed by atoms with E-state index in [2.05, 4.69) is 32.6 Å². The molecule has 0 aromatic heterocycles. The number of thiocarbonyl (C=S) groups is 1. The molecule has 0 heterocycles. The van der Waals surface area contributed by atoms with Crippen molar-refractivity contribution in [2.45, 2.75) is 6.92 Å². The SMILES string of the molecule is Cc1ccc(C(=O)NC(=S)Nc2ccc3ccccc3c2)cc1Br. The van der Waals surface area contributed by atoms with Crippen molar-refractivity contribution in [3.05, 3.63) is 76.3 Å². The van der Waals surface area contributed by atoms with E-state index in [1.165, 1.54) is 0 Å². The summed E-state index contributed by atoms with van der Waals surface area (Å²) in [7, 11) is 0. The molecule has 3 aromatic carbocycles. The van der Waals surface area contributed by atoms with Crippen LogP contribution in [0, 0.1) is 6.92 Å². The molecule has 0 bridgehead atoms. The summed E-state index contributed by atoms with van der Waals surface area (Å²) in [5.41, 5.74) is 2.46. The lowest BCUT2D eigenvalue weighted by molar-refractivity contribution is 0.0977. The third-order valence-corrected chi connectivity index (χ3v) is 4.73. The fourth-order valence-electron chi connectivity index (χ4n) is 2.34. The Morgan fingerprint density at radius 2 is 1.75 bits per heavy atom. The van der Waals surface area contributed by atoms with E-state index in [-0.39, 0.29) is 11.0 Å². The molecular weight excluding hydrogens is 384 g/mol. The molecule has 0 spiro atoms. The number of aryl methyl sites for hydroxylation is 1. The third kappa shape index (κ3) is 3.80. The second-order valence-electron chi connectivity index (χ2n) is 5.43. The summed E-state index contributed by atoms with van der Waals surface area (Å²) in [4.78, 5) is 12.3. The van der Waals surface area contributed by atoms with E-state index < -0.39 is 0 Å². The van der Waals surface area contributed by atoms with E-state index >= 15 is 0 Å². The molecule has 3 nitrogen and oxygen atoms in total. The second-order valence-corrected chi connectivity index (χ2v) is 6.70. The maximum atomic E-state index is 12.3. The van der Waals surface area contributed by atoms with Gasteiger partial charge < -0.3 is 5.32 Å². The molecule has 1 amide bonds. The van der Waals surface area contributed by atoms with E-state index in [4.69, 9.17) is 12.2 Å². The normalized spacial score (nSPS) is 10.4. The number of hydrogen-bond acceptors (Lipinski definition) is 2. The van der Waals surface area contributed by atoms with E-state index in [0.717, 1.165) is 26.5 Å². The molecule has 0 radical (unpaired) electrons. The van der Waals surface area contributed by atoms with Gasteiger partial charge in [0.05, 0.1) is 0 Å². The minimum absolute atomic E-state index is 0.242. The highest BCUT2D eigenvalue weighted by atomic mass is 79.9. The van der Waals surface area contributed by atoms with Gasteiger partial charge in [0.2, 0.25) is 0 Å². The van der Waals surface area contributed by atoms with E-state index in [1.54, 1.807) is 12.1 Å². The van der Waals surface area contributed by atoms with Crippen LogP contribution in [0.2, 0.25) is 0 Å². The average Bonchev–Trinajstić information content (AvgIpc) is 2.57. The van der Waals surface area contributed by atoms with Crippen LogP contribution in [0.15, 0.2) is 65.1 Å². The highest BCUT2D eigenvalue weighted by Crippen LogP contribution is 2.19. The summed E-state index contributed by atoms with van der Waals surface area (Å²) in [6, 6.07) is 19.5. The Balaban J connectivity index is 1.69. The van der Waals surface area contributed by atoms with Crippen LogP contribution in [0.5, 0.6) is 0 Å². The van der Waals surface area contributed by atoms with Gasteiger partial charge in [-0.1, -0.05) is 52.3 Å².